The van der Waals surface area contributed by atoms with Gasteiger partial charge in [0.2, 0.25) is 0 Å². The molecule has 1 N–H and O–H groups in total. The first-order valence-electron chi connectivity index (χ1n) is 7.27. The van der Waals surface area contributed by atoms with Crippen LogP contribution >= 0.6 is 23.2 Å². The minimum Gasteiger partial charge on any atom is -0.309 e. The van der Waals surface area contributed by atoms with Gasteiger partial charge in [0.25, 0.3) is 0 Å². The Balaban J connectivity index is 2.77. The monoisotopic (exact) mass is 334 g/mol. The summed E-state index contributed by atoms with van der Waals surface area (Å²) in [6, 6.07) is 3.16. The van der Waals surface area contributed by atoms with Crippen molar-refractivity contribution in [2.75, 3.05) is 20.6 Å². The third kappa shape index (κ3) is 5.41. The van der Waals surface area contributed by atoms with Crippen LogP contribution in [0.15, 0.2) is 12.1 Å². The number of hydrogen-bond donors (Lipinski definition) is 1. The Hall–Kier alpha value is -0.350. The molecule has 0 bridgehead atoms. The van der Waals surface area contributed by atoms with Crippen LogP contribution in [0.25, 0.3) is 0 Å². The van der Waals surface area contributed by atoms with E-state index < -0.39 is 5.82 Å². The van der Waals surface area contributed by atoms with Crippen LogP contribution in [0.3, 0.4) is 0 Å². The molecule has 1 rings (SSSR count). The summed E-state index contributed by atoms with van der Waals surface area (Å²) < 4.78 is 13.6. The van der Waals surface area contributed by atoms with E-state index in [1.54, 1.807) is 6.07 Å². The van der Waals surface area contributed by atoms with E-state index in [9.17, 15) is 4.39 Å². The van der Waals surface area contributed by atoms with E-state index in [4.69, 9.17) is 23.2 Å². The van der Waals surface area contributed by atoms with Gasteiger partial charge in [-0.05, 0) is 45.5 Å². The third-order valence-corrected chi connectivity index (χ3v) is 4.36. The molecular formula is C16H25Cl2FN2. The molecular weight excluding hydrogens is 310 g/mol. The molecule has 0 saturated carbocycles. The van der Waals surface area contributed by atoms with Crippen molar-refractivity contribution < 1.29 is 4.39 Å². The summed E-state index contributed by atoms with van der Waals surface area (Å²) in [4.78, 5) is 2.20. The SMILES string of the molecule is CC(C)CC(CNC(C)c1c(Cl)ccc(F)c1Cl)N(C)C. The Labute approximate surface area is 137 Å². The first-order chi connectivity index (χ1) is 9.73. The predicted octanol–water partition coefficient (Wildman–Crippen LogP) is 4.76. The van der Waals surface area contributed by atoms with Crippen molar-refractivity contribution in [2.24, 2.45) is 5.92 Å². The van der Waals surface area contributed by atoms with Crippen LogP contribution < -0.4 is 5.32 Å². The van der Waals surface area contributed by atoms with Crippen molar-refractivity contribution in [3.63, 3.8) is 0 Å². The minimum absolute atomic E-state index is 0.102. The molecule has 0 spiro atoms. The van der Waals surface area contributed by atoms with E-state index in [1.165, 1.54) is 6.07 Å². The number of halogens is 3. The van der Waals surface area contributed by atoms with Gasteiger partial charge in [-0.2, -0.15) is 0 Å². The molecule has 2 unspecified atom stereocenters. The summed E-state index contributed by atoms with van der Waals surface area (Å²) in [5, 5.41) is 4.01. The standard InChI is InChI=1S/C16H25Cl2FN2/c1-10(2)8-12(21(4)5)9-20-11(3)15-13(17)6-7-14(19)16(15)18/h6-7,10-12,20H,8-9H2,1-5H3. The molecule has 0 amide bonds. The number of benzene rings is 1. The van der Waals surface area contributed by atoms with Gasteiger partial charge >= 0.3 is 0 Å². The second-order valence-corrected chi connectivity index (χ2v) is 6.92. The van der Waals surface area contributed by atoms with E-state index in [0.717, 1.165) is 13.0 Å². The van der Waals surface area contributed by atoms with Crippen LogP contribution in [-0.2, 0) is 0 Å². The summed E-state index contributed by atoms with van der Waals surface area (Å²) in [5.74, 6) is 0.187. The topological polar surface area (TPSA) is 15.3 Å². The highest BCUT2D eigenvalue weighted by Crippen LogP contribution is 2.32. The lowest BCUT2D eigenvalue weighted by atomic mass is 10.0. The number of likely N-dealkylation sites (N-methyl/N-ethyl adjacent to an activating group) is 1. The van der Waals surface area contributed by atoms with Crippen molar-refractivity contribution in [1.82, 2.24) is 10.2 Å². The molecule has 0 radical (unpaired) electrons. The summed E-state index contributed by atoms with van der Waals surface area (Å²) in [5.41, 5.74) is 0.625. The van der Waals surface area contributed by atoms with Crippen molar-refractivity contribution in [2.45, 2.75) is 39.3 Å². The van der Waals surface area contributed by atoms with Gasteiger partial charge in [0.05, 0.1) is 5.02 Å². The highest BCUT2D eigenvalue weighted by Gasteiger charge is 2.19. The Kier molecular flexibility index (Phi) is 7.41. The van der Waals surface area contributed by atoms with Crippen molar-refractivity contribution >= 4 is 23.2 Å². The van der Waals surface area contributed by atoms with Crippen molar-refractivity contribution in [3.05, 3.63) is 33.6 Å². The largest absolute Gasteiger partial charge is 0.309 e. The van der Waals surface area contributed by atoms with E-state index in [2.05, 4.69) is 38.2 Å². The molecule has 120 valence electrons. The van der Waals surface area contributed by atoms with Gasteiger partial charge < -0.3 is 10.2 Å². The maximum absolute atomic E-state index is 13.6. The average Bonchev–Trinajstić information content (AvgIpc) is 2.38. The molecule has 1 aromatic rings. The van der Waals surface area contributed by atoms with Gasteiger partial charge in [-0.3, -0.25) is 0 Å². The Morgan fingerprint density at radius 1 is 1.19 bits per heavy atom. The van der Waals surface area contributed by atoms with Gasteiger partial charge in [0, 0.05) is 29.2 Å². The highest BCUT2D eigenvalue weighted by atomic mass is 35.5. The van der Waals surface area contributed by atoms with Gasteiger partial charge in [0.15, 0.2) is 0 Å². The van der Waals surface area contributed by atoms with E-state index in [-0.39, 0.29) is 11.1 Å². The van der Waals surface area contributed by atoms with Crippen molar-refractivity contribution in [1.29, 1.82) is 0 Å². The summed E-state index contributed by atoms with van der Waals surface area (Å²) in [6.07, 6.45) is 1.09. The Morgan fingerprint density at radius 3 is 2.33 bits per heavy atom. The molecule has 0 aliphatic heterocycles. The second-order valence-electron chi connectivity index (χ2n) is 6.13. The maximum atomic E-state index is 13.6. The van der Waals surface area contributed by atoms with Gasteiger partial charge in [-0.25, -0.2) is 4.39 Å². The molecule has 0 aliphatic carbocycles. The predicted molar refractivity (Wildman–Crippen MR) is 89.8 cm³/mol. The molecule has 2 nitrogen and oxygen atoms in total. The molecule has 2 atom stereocenters. The average molecular weight is 335 g/mol. The van der Waals surface area contributed by atoms with E-state index in [1.807, 2.05) is 6.92 Å². The zero-order chi connectivity index (χ0) is 16.2. The van der Waals surface area contributed by atoms with Crippen LogP contribution in [0, 0.1) is 11.7 Å². The highest BCUT2D eigenvalue weighted by molar-refractivity contribution is 6.36. The molecule has 5 heteroatoms. The van der Waals surface area contributed by atoms with Crippen LogP contribution in [0.1, 0.15) is 38.8 Å². The third-order valence-electron chi connectivity index (χ3n) is 3.65. The van der Waals surface area contributed by atoms with E-state index >= 15 is 0 Å². The number of rotatable bonds is 7. The quantitative estimate of drug-likeness (QED) is 0.723. The molecule has 0 fully saturated rings. The fourth-order valence-electron chi connectivity index (χ4n) is 2.38. The zero-order valence-corrected chi connectivity index (χ0v) is 14.9. The fraction of sp³-hybridized carbons (Fsp3) is 0.625. The smallest absolute Gasteiger partial charge is 0.142 e. The first kappa shape index (κ1) is 18.7. The Bertz CT molecular complexity index is 464. The first-order valence-corrected chi connectivity index (χ1v) is 8.02. The second kappa shape index (κ2) is 8.33. The van der Waals surface area contributed by atoms with Crippen molar-refractivity contribution in [3.8, 4) is 0 Å². The number of nitrogens with zero attached hydrogens (tertiary/aromatic N) is 1. The summed E-state index contributed by atoms with van der Waals surface area (Å²) in [6.45, 7) is 7.17. The molecule has 0 aliphatic rings. The van der Waals surface area contributed by atoms with Crippen LogP contribution in [-0.4, -0.2) is 31.6 Å². The molecule has 0 saturated heterocycles. The lowest BCUT2D eigenvalue weighted by molar-refractivity contribution is 0.242. The summed E-state index contributed by atoms with van der Waals surface area (Å²) in [7, 11) is 4.14. The van der Waals surface area contributed by atoms with Crippen LogP contribution in [0.5, 0.6) is 0 Å². The minimum atomic E-state index is -0.434. The molecule has 0 heterocycles. The van der Waals surface area contributed by atoms with Gasteiger partial charge in [-0.15, -0.1) is 0 Å². The number of nitrogens with one attached hydrogen (secondary N) is 1. The lowest BCUT2D eigenvalue weighted by Gasteiger charge is -2.28. The Morgan fingerprint density at radius 2 is 1.81 bits per heavy atom. The maximum Gasteiger partial charge on any atom is 0.142 e. The molecule has 1 aromatic carbocycles. The van der Waals surface area contributed by atoms with Crippen LogP contribution in [0.2, 0.25) is 10.0 Å². The van der Waals surface area contributed by atoms with E-state index in [0.29, 0.717) is 22.5 Å². The number of hydrogen-bond acceptors (Lipinski definition) is 2. The van der Waals surface area contributed by atoms with Crippen LogP contribution in [0.4, 0.5) is 4.39 Å². The van der Waals surface area contributed by atoms with Gasteiger partial charge in [0.1, 0.15) is 5.82 Å². The molecule has 0 aromatic heterocycles. The zero-order valence-electron chi connectivity index (χ0n) is 13.4. The normalized spacial score (nSPS) is 14.8. The van der Waals surface area contributed by atoms with Gasteiger partial charge in [-0.1, -0.05) is 37.0 Å². The fourth-order valence-corrected chi connectivity index (χ4v) is 3.07. The lowest BCUT2D eigenvalue weighted by Crippen LogP contribution is -2.39. The molecule has 21 heavy (non-hydrogen) atoms. The summed E-state index contributed by atoms with van der Waals surface area (Å²) >= 11 is 12.2.